The van der Waals surface area contributed by atoms with Gasteiger partial charge in [-0.25, -0.2) is 4.99 Å². The molecule has 7 heteroatoms. The molecular weight excluding hydrogens is 395 g/mol. The maximum Gasteiger partial charge on any atom is 0.243 e. The molecule has 0 heterocycles. The number of likely N-dealkylation sites (N-methyl/N-ethyl adjacent to an activating group) is 1. The third-order valence-corrected chi connectivity index (χ3v) is 3.20. The predicted molar refractivity (Wildman–Crippen MR) is 103 cm³/mol. The van der Waals surface area contributed by atoms with Crippen LogP contribution in [0.2, 0.25) is 0 Å². The lowest BCUT2D eigenvalue weighted by molar-refractivity contribution is -0.127. The summed E-state index contributed by atoms with van der Waals surface area (Å²) in [5, 5.41) is 6.58. The molecule has 0 rings (SSSR count). The summed E-state index contributed by atoms with van der Waals surface area (Å²) in [6.45, 7) is 10.8. The SMILES string of the molecule is CCOCCCNC(=NCC(=O)N(C)C)NC(C)C(C)C.I. The van der Waals surface area contributed by atoms with Gasteiger partial charge >= 0.3 is 0 Å². The number of amides is 1. The number of rotatable bonds is 9. The second kappa shape index (κ2) is 14.0. The van der Waals surface area contributed by atoms with Crippen LogP contribution >= 0.6 is 24.0 Å². The van der Waals surface area contributed by atoms with Gasteiger partial charge in [0.25, 0.3) is 0 Å². The molecule has 0 fully saturated rings. The van der Waals surface area contributed by atoms with E-state index >= 15 is 0 Å². The third kappa shape index (κ3) is 12.0. The zero-order valence-electron chi connectivity index (χ0n) is 14.8. The van der Waals surface area contributed by atoms with Gasteiger partial charge in [0.05, 0.1) is 0 Å². The zero-order valence-corrected chi connectivity index (χ0v) is 17.1. The Morgan fingerprint density at radius 1 is 1.27 bits per heavy atom. The van der Waals surface area contributed by atoms with Gasteiger partial charge in [-0.05, 0) is 26.2 Å². The second-order valence-corrected chi connectivity index (χ2v) is 5.61. The van der Waals surface area contributed by atoms with Gasteiger partial charge in [0, 0.05) is 39.9 Å². The molecule has 0 aliphatic rings. The van der Waals surface area contributed by atoms with Crippen molar-refractivity contribution in [2.75, 3.05) is 40.4 Å². The Balaban J connectivity index is 0. The minimum Gasteiger partial charge on any atom is -0.382 e. The number of nitrogens with zero attached hydrogens (tertiary/aromatic N) is 2. The number of ether oxygens (including phenoxy) is 1. The van der Waals surface area contributed by atoms with Crippen LogP contribution < -0.4 is 10.6 Å². The van der Waals surface area contributed by atoms with Crippen molar-refractivity contribution in [1.29, 1.82) is 0 Å². The Hall–Kier alpha value is -0.570. The summed E-state index contributed by atoms with van der Waals surface area (Å²) in [6, 6.07) is 0.289. The first-order chi connectivity index (χ1) is 9.88. The number of carbonyl (C=O) groups excluding carboxylic acids is 1. The van der Waals surface area contributed by atoms with E-state index in [2.05, 4.69) is 36.4 Å². The number of hydrogen-bond donors (Lipinski definition) is 2. The summed E-state index contributed by atoms with van der Waals surface area (Å²) in [5.74, 6) is 1.16. The van der Waals surface area contributed by atoms with Crippen LogP contribution in [-0.2, 0) is 9.53 Å². The molecule has 1 unspecified atom stereocenters. The van der Waals surface area contributed by atoms with Crippen molar-refractivity contribution in [3.05, 3.63) is 0 Å². The molecule has 0 aliphatic carbocycles. The fraction of sp³-hybridized carbons (Fsp3) is 0.867. The first-order valence-corrected chi connectivity index (χ1v) is 7.71. The number of nitrogens with one attached hydrogen (secondary N) is 2. The van der Waals surface area contributed by atoms with E-state index in [-0.39, 0.29) is 42.5 Å². The first-order valence-electron chi connectivity index (χ1n) is 7.71. The largest absolute Gasteiger partial charge is 0.382 e. The van der Waals surface area contributed by atoms with Gasteiger partial charge in [0.1, 0.15) is 6.54 Å². The predicted octanol–water partition coefficient (Wildman–Crippen LogP) is 1.70. The molecule has 2 N–H and O–H groups in total. The normalized spacial score (nSPS) is 12.6. The van der Waals surface area contributed by atoms with Crippen LogP contribution in [-0.4, -0.2) is 63.2 Å². The molecule has 132 valence electrons. The van der Waals surface area contributed by atoms with Gasteiger partial charge in [-0.1, -0.05) is 13.8 Å². The molecule has 0 aliphatic heterocycles. The fourth-order valence-corrected chi connectivity index (χ4v) is 1.35. The number of aliphatic imine (C=N–C) groups is 1. The Labute approximate surface area is 152 Å². The van der Waals surface area contributed by atoms with Gasteiger partial charge in [-0.3, -0.25) is 4.79 Å². The lowest BCUT2D eigenvalue weighted by Gasteiger charge is -2.21. The molecule has 0 saturated heterocycles. The van der Waals surface area contributed by atoms with Crippen LogP contribution in [0.1, 0.15) is 34.1 Å². The van der Waals surface area contributed by atoms with Gasteiger partial charge < -0.3 is 20.3 Å². The average Bonchev–Trinajstić information content (AvgIpc) is 2.43. The minimum absolute atomic E-state index is 0. The molecule has 1 amide bonds. The topological polar surface area (TPSA) is 66.0 Å². The van der Waals surface area contributed by atoms with Crippen molar-refractivity contribution >= 4 is 35.8 Å². The van der Waals surface area contributed by atoms with Crippen molar-refractivity contribution in [3.63, 3.8) is 0 Å². The highest BCUT2D eigenvalue weighted by Gasteiger charge is 2.10. The Bertz CT molecular complexity index is 323. The van der Waals surface area contributed by atoms with E-state index in [1.807, 2.05) is 6.92 Å². The number of carbonyl (C=O) groups is 1. The van der Waals surface area contributed by atoms with Crippen LogP contribution in [0.4, 0.5) is 0 Å². The second-order valence-electron chi connectivity index (χ2n) is 5.61. The van der Waals surface area contributed by atoms with Gasteiger partial charge in [0.15, 0.2) is 5.96 Å². The molecule has 1 atom stereocenters. The molecular formula is C15H33IN4O2. The van der Waals surface area contributed by atoms with E-state index in [9.17, 15) is 4.79 Å². The third-order valence-electron chi connectivity index (χ3n) is 3.20. The Morgan fingerprint density at radius 3 is 2.41 bits per heavy atom. The van der Waals surface area contributed by atoms with Crippen molar-refractivity contribution in [2.24, 2.45) is 10.9 Å². The fourth-order valence-electron chi connectivity index (χ4n) is 1.35. The smallest absolute Gasteiger partial charge is 0.243 e. The molecule has 0 aromatic rings. The molecule has 0 aromatic heterocycles. The maximum absolute atomic E-state index is 11.6. The lowest BCUT2D eigenvalue weighted by Crippen LogP contribution is -2.45. The van der Waals surface area contributed by atoms with Gasteiger partial charge in [0.2, 0.25) is 5.91 Å². The van der Waals surface area contributed by atoms with Crippen LogP contribution in [0.5, 0.6) is 0 Å². The molecule has 6 nitrogen and oxygen atoms in total. The summed E-state index contributed by atoms with van der Waals surface area (Å²) in [6.07, 6.45) is 0.909. The summed E-state index contributed by atoms with van der Waals surface area (Å²) < 4.78 is 5.30. The molecule has 0 spiro atoms. The van der Waals surface area contributed by atoms with E-state index in [0.717, 1.165) is 26.2 Å². The van der Waals surface area contributed by atoms with E-state index in [4.69, 9.17) is 4.74 Å². The van der Waals surface area contributed by atoms with E-state index in [0.29, 0.717) is 11.9 Å². The Morgan fingerprint density at radius 2 is 1.91 bits per heavy atom. The summed E-state index contributed by atoms with van der Waals surface area (Å²) in [7, 11) is 3.47. The van der Waals surface area contributed by atoms with Crippen molar-refractivity contribution in [1.82, 2.24) is 15.5 Å². The number of guanidine groups is 1. The van der Waals surface area contributed by atoms with Gasteiger partial charge in [-0.15, -0.1) is 24.0 Å². The zero-order chi connectivity index (χ0) is 16.3. The van der Waals surface area contributed by atoms with Crippen molar-refractivity contribution in [2.45, 2.75) is 40.2 Å². The van der Waals surface area contributed by atoms with Crippen LogP contribution in [0.15, 0.2) is 4.99 Å². The van der Waals surface area contributed by atoms with Crippen molar-refractivity contribution < 1.29 is 9.53 Å². The maximum atomic E-state index is 11.6. The average molecular weight is 428 g/mol. The van der Waals surface area contributed by atoms with E-state index in [1.54, 1.807) is 19.0 Å². The van der Waals surface area contributed by atoms with Crippen LogP contribution in [0.3, 0.4) is 0 Å². The highest BCUT2D eigenvalue weighted by atomic mass is 127. The van der Waals surface area contributed by atoms with Crippen LogP contribution in [0.25, 0.3) is 0 Å². The quantitative estimate of drug-likeness (QED) is 0.254. The summed E-state index contributed by atoms with van der Waals surface area (Å²) in [4.78, 5) is 17.5. The standard InChI is InChI=1S/C15H32N4O2.HI/c1-7-21-10-8-9-16-15(18-13(4)12(2)3)17-11-14(20)19(5)6;/h12-13H,7-11H2,1-6H3,(H2,16,17,18);1H. The summed E-state index contributed by atoms with van der Waals surface area (Å²) in [5.41, 5.74) is 0. The summed E-state index contributed by atoms with van der Waals surface area (Å²) >= 11 is 0. The number of hydrogen-bond acceptors (Lipinski definition) is 3. The molecule has 0 saturated carbocycles. The van der Waals surface area contributed by atoms with E-state index in [1.165, 1.54) is 0 Å². The highest BCUT2D eigenvalue weighted by molar-refractivity contribution is 14.0. The monoisotopic (exact) mass is 428 g/mol. The molecule has 0 aromatic carbocycles. The molecule has 0 radical (unpaired) electrons. The first kappa shape index (κ1) is 23.7. The van der Waals surface area contributed by atoms with Crippen molar-refractivity contribution in [3.8, 4) is 0 Å². The highest BCUT2D eigenvalue weighted by Crippen LogP contribution is 1.99. The van der Waals surface area contributed by atoms with Gasteiger partial charge in [-0.2, -0.15) is 0 Å². The molecule has 22 heavy (non-hydrogen) atoms. The van der Waals surface area contributed by atoms with E-state index < -0.39 is 0 Å². The van der Waals surface area contributed by atoms with Crippen LogP contribution in [0, 0.1) is 5.92 Å². The Kier molecular flexibility index (Phi) is 15.1. The number of halogens is 1. The lowest BCUT2D eigenvalue weighted by atomic mass is 10.1. The minimum atomic E-state index is -0.0115. The molecule has 0 bridgehead atoms.